The number of aliphatic hydroxyl groups is 1. The highest BCUT2D eigenvalue weighted by atomic mass is 16.5. The summed E-state index contributed by atoms with van der Waals surface area (Å²) in [5.41, 5.74) is -0.884. The molecule has 4 heteroatoms. The van der Waals surface area contributed by atoms with Crippen molar-refractivity contribution in [2.75, 3.05) is 6.61 Å². The highest BCUT2D eigenvalue weighted by Crippen LogP contribution is 2.14. The highest BCUT2D eigenvalue weighted by Gasteiger charge is 2.22. The first-order valence-electron chi connectivity index (χ1n) is 6.22. The Balaban J connectivity index is 3.78. The van der Waals surface area contributed by atoms with Crippen molar-refractivity contribution in [1.82, 2.24) is 0 Å². The van der Waals surface area contributed by atoms with E-state index in [1.807, 2.05) is 0 Å². The summed E-state index contributed by atoms with van der Waals surface area (Å²) < 4.78 is 5.75. The zero-order valence-electron chi connectivity index (χ0n) is 11.7. The van der Waals surface area contributed by atoms with Gasteiger partial charge >= 0.3 is 0 Å². The molecule has 0 aliphatic carbocycles. The van der Waals surface area contributed by atoms with E-state index in [0.717, 1.165) is 6.42 Å². The minimum Gasteiger partial charge on any atom is -0.390 e. The summed E-state index contributed by atoms with van der Waals surface area (Å²) in [5.74, 6) is 0.595. The molecule has 0 aromatic rings. The van der Waals surface area contributed by atoms with Crippen LogP contribution in [0.1, 0.15) is 54.4 Å². The van der Waals surface area contributed by atoms with Crippen molar-refractivity contribution in [2.45, 2.75) is 71.3 Å². The first-order valence-corrected chi connectivity index (χ1v) is 6.22. The molecule has 0 heterocycles. The molecule has 0 saturated heterocycles. The summed E-state index contributed by atoms with van der Waals surface area (Å²) >= 11 is 0. The Morgan fingerprint density at radius 3 is 2.25 bits per heavy atom. The summed E-state index contributed by atoms with van der Waals surface area (Å²) in [6, 6.07) is 0. The van der Waals surface area contributed by atoms with Gasteiger partial charge in [-0.15, -0.1) is 0 Å². The van der Waals surface area contributed by atoms with Crippen LogP contribution in [0.2, 0.25) is 5.82 Å². The predicted molar refractivity (Wildman–Crippen MR) is 72.2 cm³/mol. The summed E-state index contributed by atoms with van der Waals surface area (Å²) in [7, 11) is 4.32. The van der Waals surface area contributed by atoms with Crippen LogP contribution < -0.4 is 0 Å². The molecule has 0 rings (SSSR count). The van der Waals surface area contributed by atoms with Crippen molar-refractivity contribution in [3.05, 3.63) is 0 Å². The van der Waals surface area contributed by atoms with Gasteiger partial charge in [-0.3, -0.25) is 0 Å². The average Bonchev–Trinajstić information content (AvgIpc) is 2.12. The lowest BCUT2D eigenvalue weighted by Gasteiger charge is -2.28. The minimum absolute atomic E-state index is 0.241. The molecule has 2 radical (unpaired) electrons. The Morgan fingerprint density at radius 1 is 1.25 bits per heavy atom. The fraction of sp³-hybridized carbons (Fsp3) is 1.00. The van der Waals surface area contributed by atoms with Crippen LogP contribution in [0.15, 0.2) is 0 Å². The van der Waals surface area contributed by atoms with Gasteiger partial charge in [-0.1, -0.05) is 26.1 Å². The summed E-state index contributed by atoms with van der Waals surface area (Å²) in [6.07, 6.45) is 1.81. The van der Waals surface area contributed by atoms with Crippen molar-refractivity contribution in [3.63, 3.8) is 0 Å². The second-order valence-corrected chi connectivity index (χ2v) is 5.76. The lowest BCUT2D eigenvalue weighted by molar-refractivity contribution is -0.00669. The van der Waals surface area contributed by atoms with Crippen molar-refractivity contribution in [3.8, 4) is 0 Å². The number of hydrogen-bond donors (Lipinski definition) is 1. The zero-order chi connectivity index (χ0) is 12.8. The Morgan fingerprint density at radius 2 is 1.81 bits per heavy atom. The molecular formula is C12H26B2O2. The fourth-order valence-electron chi connectivity index (χ4n) is 1.14. The van der Waals surface area contributed by atoms with Crippen molar-refractivity contribution in [2.24, 2.45) is 0 Å². The summed E-state index contributed by atoms with van der Waals surface area (Å²) in [5, 5.41) is 9.57. The standard InChI is InChI=1S/C12H26B2O2/c1-7-10(2)13-14-12(5,6)16-9-8-11(3,4)15/h10,15H,7-9H2,1-6H3. The summed E-state index contributed by atoms with van der Waals surface area (Å²) in [6.45, 7) is 12.7. The molecule has 0 aromatic carbocycles. The first-order chi connectivity index (χ1) is 7.16. The van der Waals surface area contributed by atoms with Gasteiger partial charge < -0.3 is 9.84 Å². The van der Waals surface area contributed by atoms with E-state index in [-0.39, 0.29) is 5.50 Å². The van der Waals surface area contributed by atoms with Crippen LogP contribution in [-0.4, -0.2) is 37.2 Å². The van der Waals surface area contributed by atoms with Crippen LogP contribution in [0.5, 0.6) is 0 Å². The molecule has 0 aromatic heterocycles. The van der Waals surface area contributed by atoms with Crippen molar-refractivity contribution >= 4 is 14.3 Å². The zero-order valence-corrected chi connectivity index (χ0v) is 11.7. The quantitative estimate of drug-likeness (QED) is 0.641. The topological polar surface area (TPSA) is 29.5 Å². The second-order valence-electron chi connectivity index (χ2n) is 5.76. The Kier molecular flexibility index (Phi) is 6.73. The van der Waals surface area contributed by atoms with Crippen LogP contribution in [0, 0.1) is 0 Å². The molecule has 1 atom stereocenters. The van der Waals surface area contributed by atoms with Gasteiger partial charge in [-0.05, 0) is 34.1 Å². The SMILES string of the molecule is CCC(C)[B][B]C(C)(C)OCCC(C)(C)O. The summed E-state index contributed by atoms with van der Waals surface area (Å²) in [4.78, 5) is 0. The minimum atomic E-state index is -0.642. The van der Waals surface area contributed by atoms with Gasteiger partial charge in [0, 0.05) is 12.1 Å². The average molecular weight is 224 g/mol. The molecule has 2 nitrogen and oxygen atoms in total. The molecule has 0 saturated carbocycles. The van der Waals surface area contributed by atoms with Crippen LogP contribution in [0.3, 0.4) is 0 Å². The van der Waals surface area contributed by atoms with Gasteiger partial charge in [-0.25, -0.2) is 0 Å². The van der Waals surface area contributed by atoms with E-state index in [1.54, 1.807) is 13.8 Å². The van der Waals surface area contributed by atoms with E-state index < -0.39 is 5.60 Å². The van der Waals surface area contributed by atoms with Crippen LogP contribution in [0.25, 0.3) is 0 Å². The van der Waals surface area contributed by atoms with E-state index in [9.17, 15) is 5.11 Å². The molecule has 1 N–H and O–H groups in total. The third-order valence-corrected chi connectivity index (χ3v) is 2.66. The van der Waals surface area contributed by atoms with E-state index in [1.165, 1.54) is 0 Å². The van der Waals surface area contributed by atoms with E-state index in [0.29, 0.717) is 18.8 Å². The van der Waals surface area contributed by atoms with E-state index in [4.69, 9.17) is 4.74 Å². The molecule has 0 fully saturated rings. The van der Waals surface area contributed by atoms with Crippen molar-refractivity contribution in [1.29, 1.82) is 0 Å². The number of hydrogen-bond acceptors (Lipinski definition) is 2. The van der Waals surface area contributed by atoms with E-state index in [2.05, 4.69) is 42.0 Å². The van der Waals surface area contributed by atoms with Crippen LogP contribution in [-0.2, 0) is 4.74 Å². The van der Waals surface area contributed by atoms with Gasteiger partial charge in [-0.2, -0.15) is 0 Å². The smallest absolute Gasteiger partial charge is 0.109 e. The molecular weight excluding hydrogens is 198 g/mol. The monoisotopic (exact) mass is 224 g/mol. The van der Waals surface area contributed by atoms with Gasteiger partial charge in [0.05, 0.1) is 12.8 Å². The third kappa shape index (κ3) is 9.29. The highest BCUT2D eigenvalue weighted by molar-refractivity contribution is 7.02. The Bertz CT molecular complexity index is 188. The normalized spacial score (nSPS) is 14.7. The molecule has 16 heavy (non-hydrogen) atoms. The maximum absolute atomic E-state index is 9.57. The molecule has 0 spiro atoms. The largest absolute Gasteiger partial charge is 0.390 e. The van der Waals surface area contributed by atoms with Crippen molar-refractivity contribution < 1.29 is 9.84 Å². The maximum Gasteiger partial charge on any atom is 0.109 e. The van der Waals surface area contributed by atoms with Crippen LogP contribution >= 0.6 is 0 Å². The predicted octanol–water partition coefficient (Wildman–Crippen LogP) is 2.44. The fourth-order valence-corrected chi connectivity index (χ4v) is 1.14. The van der Waals surface area contributed by atoms with Gasteiger partial charge in [0.2, 0.25) is 0 Å². The molecule has 0 aliphatic heterocycles. The first kappa shape index (κ1) is 16.0. The second kappa shape index (κ2) is 6.70. The molecule has 1 unspecified atom stereocenters. The molecule has 92 valence electrons. The van der Waals surface area contributed by atoms with Gasteiger partial charge in [0.15, 0.2) is 0 Å². The third-order valence-electron chi connectivity index (χ3n) is 2.66. The Labute approximate surface area is 103 Å². The Hall–Kier alpha value is 0.0499. The lowest BCUT2D eigenvalue weighted by Crippen LogP contribution is -2.38. The molecule has 0 amide bonds. The molecule has 0 bridgehead atoms. The lowest BCUT2D eigenvalue weighted by atomic mass is 9.28. The number of rotatable bonds is 8. The number of ether oxygens (including phenoxy) is 1. The van der Waals surface area contributed by atoms with E-state index >= 15 is 0 Å². The van der Waals surface area contributed by atoms with Gasteiger partial charge in [0.25, 0.3) is 0 Å². The van der Waals surface area contributed by atoms with Crippen LogP contribution in [0.4, 0.5) is 0 Å². The molecule has 0 aliphatic rings. The van der Waals surface area contributed by atoms with Gasteiger partial charge in [0.1, 0.15) is 7.17 Å². The maximum atomic E-state index is 9.57.